The van der Waals surface area contributed by atoms with Crippen molar-refractivity contribution in [1.29, 1.82) is 0 Å². The van der Waals surface area contributed by atoms with Crippen molar-refractivity contribution < 1.29 is 14.3 Å². The average molecular weight is 236 g/mol. The van der Waals surface area contributed by atoms with Gasteiger partial charge in [-0.25, -0.2) is 9.48 Å². The first-order chi connectivity index (χ1) is 8.01. The summed E-state index contributed by atoms with van der Waals surface area (Å²) in [6.45, 7) is 3.47. The van der Waals surface area contributed by atoms with Crippen molar-refractivity contribution in [2.45, 2.75) is 26.4 Å². The number of hydrogen-bond acceptors (Lipinski definition) is 4. The van der Waals surface area contributed by atoms with Crippen LogP contribution >= 0.6 is 0 Å². The number of hydrogen-bond donors (Lipinski definition) is 0. The van der Waals surface area contributed by atoms with E-state index in [0.717, 1.165) is 0 Å². The molecule has 0 aliphatic rings. The summed E-state index contributed by atoms with van der Waals surface area (Å²) in [6, 6.07) is 0. The van der Waals surface area contributed by atoms with Gasteiger partial charge in [0.15, 0.2) is 0 Å². The van der Waals surface area contributed by atoms with E-state index in [-0.39, 0.29) is 6.10 Å². The number of esters is 1. The summed E-state index contributed by atoms with van der Waals surface area (Å²) < 4.78 is 11.8. The molecule has 0 N–H and O–H groups in total. The Hall–Kier alpha value is -1.96. The second kappa shape index (κ2) is 5.39. The summed E-state index contributed by atoms with van der Waals surface area (Å²) in [5.41, 5.74) is 0.918. The van der Waals surface area contributed by atoms with Gasteiger partial charge in [0.25, 0.3) is 0 Å². The standard InChI is InChI=1S/C12H16N2O3/c1-6-7-8(2)17-12(15)10-9(3)13-14(4)11(10)16-5/h1,8H,7H2,2-5H3/t8-/m0/s1. The van der Waals surface area contributed by atoms with Gasteiger partial charge in [0.05, 0.1) is 12.8 Å². The van der Waals surface area contributed by atoms with E-state index in [9.17, 15) is 4.79 Å². The van der Waals surface area contributed by atoms with Crippen LogP contribution in [0.25, 0.3) is 0 Å². The highest BCUT2D eigenvalue weighted by Gasteiger charge is 2.23. The summed E-state index contributed by atoms with van der Waals surface area (Å²) in [4.78, 5) is 11.9. The normalized spacial score (nSPS) is 11.7. The molecular formula is C12H16N2O3. The first-order valence-corrected chi connectivity index (χ1v) is 5.23. The predicted molar refractivity (Wildman–Crippen MR) is 62.8 cm³/mol. The molecule has 92 valence electrons. The van der Waals surface area contributed by atoms with Crippen molar-refractivity contribution in [2.75, 3.05) is 7.11 Å². The lowest BCUT2D eigenvalue weighted by Gasteiger charge is -2.10. The molecule has 0 bridgehead atoms. The summed E-state index contributed by atoms with van der Waals surface area (Å²) in [5.74, 6) is 2.37. The molecule has 1 rings (SSSR count). The van der Waals surface area contributed by atoms with E-state index >= 15 is 0 Å². The van der Waals surface area contributed by atoms with Crippen LogP contribution in [0.4, 0.5) is 0 Å². The molecule has 0 fully saturated rings. The van der Waals surface area contributed by atoms with Gasteiger partial charge >= 0.3 is 5.97 Å². The molecule has 5 nitrogen and oxygen atoms in total. The Labute approximate surface area is 101 Å². The third-order valence-electron chi connectivity index (χ3n) is 2.28. The monoisotopic (exact) mass is 236 g/mol. The second-order valence-electron chi connectivity index (χ2n) is 3.72. The Balaban J connectivity index is 2.93. The average Bonchev–Trinajstić information content (AvgIpc) is 2.52. The zero-order valence-electron chi connectivity index (χ0n) is 10.5. The third kappa shape index (κ3) is 2.78. The van der Waals surface area contributed by atoms with Gasteiger partial charge in [0.2, 0.25) is 5.88 Å². The molecule has 17 heavy (non-hydrogen) atoms. The molecule has 0 saturated heterocycles. The zero-order chi connectivity index (χ0) is 13.0. The molecule has 0 radical (unpaired) electrons. The van der Waals surface area contributed by atoms with E-state index in [0.29, 0.717) is 23.6 Å². The molecule has 1 aromatic rings. The van der Waals surface area contributed by atoms with Crippen LogP contribution in [0.15, 0.2) is 0 Å². The van der Waals surface area contributed by atoms with Gasteiger partial charge in [0, 0.05) is 13.5 Å². The van der Waals surface area contributed by atoms with Crippen LogP contribution in [0.2, 0.25) is 0 Å². The second-order valence-corrected chi connectivity index (χ2v) is 3.72. The maximum Gasteiger partial charge on any atom is 0.345 e. The summed E-state index contributed by atoms with van der Waals surface area (Å²) in [5, 5.41) is 4.11. The fourth-order valence-electron chi connectivity index (χ4n) is 1.56. The van der Waals surface area contributed by atoms with Crippen molar-refractivity contribution in [1.82, 2.24) is 9.78 Å². The van der Waals surface area contributed by atoms with Crippen LogP contribution in [0.3, 0.4) is 0 Å². The van der Waals surface area contributed by atoms with Gasteiger partial charge in [0.1, 0.15) is 11.7 Å². The van der Waals surface area contributed by atoms with Gasteiger partial charge in [-0.05, 0) is 13.8 Å². The van der Waals surface area contributed by atoms with Crippen molar-refractivity contribution in [3.63, 3.8) is 0 Å². The topological polar surface area (TPSA) is 53.3 Å². The van der Waals surface area contributed by atoms with Crippen LogP contribution < -0.4 is 4.74 Å². The number of aromatic nitrogens is 2. The fourth-order valence-corrected chi connectivity index (χ4v) is 1.56. The highest BCUT2D eigenvalue weighted by atomic mass is 16.5. The molecule has 0 amide bonds. The number of carbonyl (C=O) groups is 1. The van der Waals surface area contributed by atoms with Crippen LogP contribution in [0, 0.1) is 19.3 Å². The number of rotatable bonds is 4. The Morgan fingerprint density at radius 2 is 2.29 bits per heavy atom. The number of nitrogens with zero attached hydrogens (tertiary/aromatic N) is 2. The van der Waals surface area contributed by atoms with E-state index in [2.05, 4.69) is 11.0 Å². The smallest absolute Gasteiger partial charge is 0.345 e. The van der Waals surface area contributed by atoms with E-state index in [4.69, 9.17) is 15.9 Å². The lowest BCUT2D eigenvalue weighted by atomic mass is 10.2. The maximum atomic E-state index is 11.9. The van der Waals surface area contributed by atoms with Gasteiger partial charge in [-0.1, -0.05) is 0 Å². The predicted octanol–water partition coefficient (Wildman–Crippen LogP) is 1.31. The number of aryl methyl sites for hydroxylation is 2. The molecule has 0 unspecified atom stereocenters. The Morgan fingerprint density at radius 3 is 2.82 bits per heavy atom. The first-order valence-electron chi connectivity index (χ1n) is 5.23. The van der Waals surface area contributed by atoms with E-state index in [1.165, 1.54) is 11.8 Å². The van der Waals surface area contributed by atoms with Crippen LogP contribution in [-0.2, 0) is 11.8 Å². The number of methoxy groups -OCH3 is 1. The van der Waals surface area contributed by atoms with Gasteiger partial charge in [-0.15, -0.1) is 12.3 Å². The summed E-state index contributed by atoms with van der Waals surface area (Å²) in [7, 11) is 3.19. The third-order valence-corrected chi connectivity index (χ3v) is 2.28. The van der Waals surface area contributed by atoms with Crippen molar-refractivity contribution in [3.8, 4) is 18.2 Å². The molecule has 0 aliphatic heterocycles. The minimum atomic E-state index is -0.463. The largest absolute Gasteiger partial charge is 0.481 e. The molecule has 0 spiro atoms. The lowest BCUT2D eigenvalue weighted by Crippen LogP contribution is -2.15. The number of carbonyl (C=O) groups excluding carboxylic acids is 1. The van der Waals surface area contributed by atoms with Crippen LogP contribution in [-0.4, -0.2) is 29.0 Å². The lowest BCUT2D eigenvalue weighted by molar-refractivity contribution is 0.0347. The van der Waals surface area contributed by atoms with E-state index in [1.54, 1.807) is 20.9 Å². The van der Waals surface area contributed by atoms with Gasteiger partial charge in [-0.3, -0.25) is 0 Å². The molecular weight excluding hydrogens is 220 g/mol. The minimum Gasteiger partial charge on any atom is -0.481 e. The van der Waals surface area contributed by atoms with E-state index in [1.807, 2.05) is 0 Å². The van der Waals surface area contributed by atoms with Crippen molar-refractivity contribution in [3.05, 3.63) is 11.3 Å². The number of ether oxygens (including phenoxy) is 2. The molecule has 1 aromatic heterocycles. The van der Waals surface area contributed by atoms with Crippen LogP contribution in [0.1, 0.15) is 29.4 Å². The zero-order valence-corrected chi connectivity index (χ0v) is 10.5. The molecule has 0 aliphatic carbocycles. The van der Waals surface area contributed by atoms with Gasteiger partial charge in [-0.2, -0.15) is 5.10 Å². The highest BCUT2D eigenvalue weighted by molar-refractivity contribution is 5.93. The summed E-state index contributed by atoms with van der Waals surface area (Å²) in [6.07, 6.45) is 5.21. The highest BCUT2D eigenvalue weighted by Crippen LogP contribution is 2.22. The molecule has 1 atom stereocenters. The van der Waals surface area contributed by atoms with Crippen molar-refractivity contribution in [2.24, 2.45) is 7.05 Å². The Morgan fingerprint density at radius 1 is 1.65 bits per heavy atom. The number of terminal acetylenes is 1. The Kier molecular flexibility index (Phi) is 4.16. The molecule has 5 heteroatoms. The molecule has 0 saturated carbocycles. The van der Waals surface area contributed by atoms with E-state index < -0.39 is 5.97 Å². The SMILES string of the molecule is C#CC[C@H](C)OC(=O)c1c(C)nn(C)c1OC. The summed E-state index contributed by atoms with van der Waals surface area (Å²) >= 11 is 0. The molecule has 0 aromatic carbocycles. The maximum absolute atomic E-state index is 11.9. The first kappa shape index (κ1) is 13.1. The minimum absolute atomic E-state index is 0.322. The fraction of sp³-hybridized carbons (Fsp3) is 0.500. The van der Waals surface area contributed by atoms with Crippen molar-refractivity contribution >= 4 is 5.97 Å². The quantitative estimate of drug-likeness (QED) is 0.584. The van der Waals surface area contributed by atoms with Gasteiger partial charge < -0.3 is 9.47 Å². The molecule has 1 heterocycles. The Bertz CT molecular complexity index is 457. The van der Waals surface area contributed by atoms with Crippen LogP contribution in [0.5, 0.6) is 5.88 Å².